The van der Waals surface area contributed by atoms with Gasteiger partial charge in [0.15, 0.2) is 0 Å². The number of benzene rings is 2. The van der Waals surface area contributed by atoms with Gasteiger partial charge in [-0.05, 0) is 36.8 Å². The Morgan fingerprint density at radius 2 is 1.74 bits per heavy atom. The molecule has 0 amide bonds. The SMILES string of the molecule is CCOc1cccc(C(O)c2c(Cl)cccc2Cl)c1. The zero-order chi connectivity index (χ0) is 13.8. The first-order valence-corrected chi connectivity index (χ1v) is 6.73. The van der Waals surface area contributed by atoms with Crippen LogP contribution in [0, 0.1) is 0 Å². The lowest BCUT2D eigenvalue weighted by atomic mass is 10.0. The molecular weight excluding hydrogens is 283 g/mol. The van der Waals surface area contributed by atoms with Crippen molar-refractivity contribution in [2.75, 3.05) is 6.61 Å². The van der Waals surface area contributed by atoms with Gasteiger partial charge in [-0.3, -0.25) is 0 Å². The molecular formula is C15H14Cl2O2. The molecule has 4 heteroatoms. The third-order valence-corrected chi connectivity index (χ3v) is 3.42. The molecule has 2 aromatic rings. The molecule has 0 aliphatic rings. The Morgan fingerprint density at radius 3 is 2.37 bits per heavy atom. The van der Waals surface area contributed by atoms with Crippen LogP contribution in [-0.2, 0) is 0 Å². The number of aliphatic hydroxyl groups is 1. The number of ether oxygens (including phenoxy) is 1. The van der Waals surface area contributed by atoms with Crippen molar-refractivity contribution in [1.29, 1.82) is 0 Å². The highest BCUT2D eigenvalue weighted by Gasteiger charge is 2.17. The first-order chi connectivity index (χ1) is 9.13. The molecule has 19 heavy (non-hydrogen) atoms. The molecule has 1 N–H and O–H groups in total. The fraction of sp³-hybridized carbons (Fsp3) is 0.200. The predicted molar refractivity (Wildman–Crippen MR) is 78.1 cm³/mol. The highest BCUT2D eigenvalue weighted by molar-refractivity contribution is 6.36. The standard InChI is InChI=1S/C15H14Cl2O2/c1-2-19-11-6-3-5-10(9-11)15(18)14-12(16)7-4-8-13(14)17/h3-9,15,18H,2H2,1H3. The van der Waals surface area contributed by atoms with Crippen molar-refractivity contribution in [3.05, 3.63) is 63.6 Å². The van der Waals surface area contributed by atoms with E-state index in [1.807, 2.05) is 25.1 Å². The van der Waals surface area contributed by atoms with Gasteiger partial charge >= 0.3 is 0 Å². The maximum Gasteiger partial charge on any atom is 0.119 e. The van der Waals surface area contributed by atoms with Crippen LogP contribution in [0.2, 0.25) is 10.0 Å². The summed E-state index contributed by atoms with van der Waals surface area (Å²) in [5.74, 6) is 0.710. The molecule has 2 rings (SSSR count). The van der Waals surface area contributed by atoms with Crippen LogP contribution in [0.15, 0.2) is 42.5 Å². The summed E-state index contributed by atoms with van der Waals surface area (Å²) in [5, 5.41) is 11.3. The van der Waals surface area contributed by atoms with Crippen LogP contribution >= 0.6 is 23.2 Å². The zero-order valence-electron chi connectivity index (χ0n) is 10.4. The summed E-state index contributed by atoms with van der Waals surface area (Å²) in [5.41, 5.74) is 1.21. The molecule has 0 saturated carbocycles. The van der Waals surface area contributed by atoms with Gasteiger partial charge in [0, 0.05) is 15.6 Å². The molecule has 0 aliphatic heterocycles. The predicted octanol–water partition coefficient (Wildman–Crippen LogP) is 4.47. The van der Waals surface area contributed by atoms with Gasteiger partial charge in [0.25, 0.3) is 0 Å². The summed E-state index contributed by atoms with van der Waals surface area (Å²) in [6.45, 7) is 2.49. The van der Waals surface area contributed by atoms with E-state index in [0.29, 0.717) is 33.5 Å². The van der Waals surface area contributed by atoms with Gasteiger partial charge in [0.2, 0.25) is 0 Å². The smallest absolute Gasteiger partial charge is 0.119 e. The minimum Gasteiger partial charge on any atom is -0.494 e. The lowest BCUT2D eigenvalue weighted by molar-refractivity contribution is 0.219. The Hall–Kier alpha value is -1.22. The molecule has 0 heterocycles. The second kappa shape index (κ2) is 6.29. The van der Waals surface area contributed by atoms with E-state index in [1.165, 1.54) is 0 Å². The third kappa shape index (κ3) is 3.21. The zero-order valence-corrected chi connectivity index (χ0v) is 11.9. The van der Waals surface area contributed by atoms with Crippen LogP contribution < -0.4 is 4.74 Å². The van der Waals surface area contributed by atoms with E-state index in [-0.39, 0.29) is 0 Å². The Morgan fingerprint density at radius 1 is 1.11 bits per heavy atom. The van der Waals surface area contributed by atoms with E-state index in [2.05, 4.69) is 0 Å². The molecule has 1 atom stereocenters. The first-order valence-electron chi connectivity index (χ1n) is 5.98. The average Bonchev–Trinajstić information content (AvgIpc) is 2.39. The van der Waals surface area contributed by atoms with E-state index >= 15 is 0 Å². The second-order valence-electron chi connectivity index (χ2n) is 4.04. The molecule has 2 nitrogen and oxygen atoms in total. The van der Waals surface area contributed by atoms with Gasteiger partial charge in [-0.25, -0.2) is 0 Å². The first kappa shape index (κ1) is 14.2. The minimum atomic E-state index is -0.874. The molecule has 100 valence electrons. The van der Waals surface area contributed by atoms with E-state index in [1.54, 1.807) is 24.3 Å². The molecule has 0 aromatic heterocycles. The van der Waals surface area contributed by atoms with Crippen LogP contribution in [0.4, 0.5) is 0 Å². The summed E-state index contributed by atoms with van der Waals surface area (Å²) >= 11 is 12.2. The fourth-order valence-corrected chi connectivity index (χ4v) is 2.48. The van der Waals surface area contributed by atoms with Gasteiger partial charge in [0.05, 0.1) is 6.61 Å². The lowest BCUT2D eigenvalue weighted by Gasteiger charge is -2.15. The molecule has 0 radical (unpaired) electrons. The van der Waals surface area contributed by atoms with E-state index in [0.717, 1.165) is 0 Å². The quantitative estimate of drug-likeness (QED) is 0.902. The maximum atomic E-state index is 10.4. The van der Waals surface area contributed by atoms with Crippen molar-refractivity contribution >= 4 is 23.2 Å². The molecule has 2 aromatic carbocycles. The van der Waals surface area contributed by atoms with Crippen molar-refractivity contribution in [1.82, 2.24) is 0 Å². The molecule has 0 aliphatic carbocycles. The molecule has 0 fully saturated rings. The fourth-order valence-electron chi connectivity index (χ4n) is 1.88. The Balaban J connectivity index is 2.38. The number of hydrogen-bond donors (Lipinski definition) is 1. The molecule has 0 spiro atoms. The molecule has 0 bridgehead atoms. The van der Waals surface area contributed by atoms with Crippen LogP contribution in [0.25, 0.3) is 0 Å². The number of hydrogen-bond acceptors (Lipinski definition) is 2. The Labute approximate surface area is 122 Å². The van der Waals surface area contributed by atoms with Crippen molar-refractivity contribution in [2.24, 2.45) is 0 Å². The van der Waals surface area contributed by atoms with Crippen molar-refractivity contribution < 1.29 is 9.84 Å². The van der Waals surface area contributed by atoms with Crippen LogP contribution in [-0.4, -0.2) is 11.7 Å². The summed E-state index contributed by atoms with van der Waals surface area (Å²) in [4.78, 5) is 0. The third-order valence-electron chi connectivity index (χ3n) is 2.76. The Bertz CT molecular complexity index is 550. The topological polar surface area (TPSA) is 29.5 Å². The summed E-state index contributed by atoms with van der Waals surface area (Å²) in [6.07, 6.45) is -0.874. The maximum absolute atomic E-state index is 10.4. The second-order valence-corrected chi connectivity index (χ2v) is 4.86. The minimum absolute atomic E-state index is 0.446. The van der Waals surface area contributed by atoms with E-state index < -0.39 is 6.10 Å². The van der Waals surface area contributed by atoms with Crippen molar-refractivity contribution in [3.63, 3.8) is 0 Å². The number of aliphatic hydroxyl groups excluding tert-OH is 1. The van der Waals surface area contributed by atoms with Gasteiger partial charge in [-0.1, -0.05) is 41.4 Å². The van der Waals surface area contributed by atoms with Crippen LogP contribution in [0.1, 0.15) is 24.2 Å². The molecule has 0 saturated heterocycles. The highest BCUT2D eigenvalue weighted by Crippen LogP contribution is 2.34. The average molecular weight is 297 g/mol. The van der Waals surface area contributed by atoms with Crippen LogP contribution in [0.5, 0.6) is 5.75 Å². The van der Waals surface area contributed by atoms with Crippen LogP contribution in [0.3, 0.4) is 0 Å². The lowest BCUT2D eigenvalue weighted by Crippen LogP contribution is -2.02. The monoisotopic (exact) mass is 296 g/mol. The number of halogens is 2. The van der Waals surface area contributed by atoms with Gasteiger partial charge in [-0.15, -0.1) is 0 Å². The Kier molecular flexibility index (Phi) is 4.70. The highest BCUT2D eigenvalue weighted by atomic mass is 35.5. The van der Waals surface area contributed by atoms with Crippen molar-refractivity contribution in [3.8, 4) is 5.75 Å². The summed E-state index contributed by atoms with van der Waals surface area (Å²) < 4.78 is 5.42. The molecule has 1 unspecified atom stereocenters. The van der Waals surface area contributed by atoms with Crippen molar-refractivity contribution in [2.45, 2.75) is 13.0 Å². The number of rotatable bonds is 4. The van der Waals surface area contributed by atoms with Gasteiger partial charge in [-0.2, -0.15) is 0 Å². The largest absolute Gasteiger partial charge is 0.494 e. The van der Waals surface area contributed by atoms with Gasteiger partial charge in [0.1, 0.15) is 11.9 Å². The van der Waals surface area contributed by atoms with Gasteiger partial charge < -0.3 is 9.84 Å². The summed E-state index contributed by atoms with van der Waals surface area (Å²) in [6, 6.07) is 12.4. The van der Waals surface area contributed by atoms with E-state index in [4.69, 9.17) is 27.9 Å². The summed E-state index contributed by atoms with van der Waals surface area (Å²) in [7, 11) is 0. The normalized spacial score (nSPS) is 12.2. The van der Waals surface area contributed by atoms with E-state index in [9.17, 15) is 5.11 Å².